The van der Waals surface area contributed by atoms with Crippen molar-refractivity contribution in [3.8, 4) is 0 Å². The first-order valence-corrected chi connectivity index (χ1v) is 16.5. The van der Waals surface area contributed by atoms with E-state index in [1.807, 2.05) is 12.1 Å². The molecule has 226 valence electrons. The summed E-state index contributed by atoms with van der Waals surface area (Å²) in [6.07, 6.45) is 0. The molecule has 0 aliphatic carbocycles. The fourth-order valence-corrected chi connectivity index (χ4v) is 9.15. The van der Waals surface area contributed by atoms with Crippen LogP contribution in [0.3, 0.4) is 0 Å². The highest BCUT2D eigenvalue weighted by Gasteiger charge is 2.46. The highest BCUT2D eigenvalue weighted by Crippen LogP contribution is 2.40. The lowest BCUT2D eigenvalue weighted by Crippen LogP contribution is -2.73. The molecule has 1 aromatic rings. The van der Waals surface area contributed by atoms with E-state index in [9.17, 15) is 10.1 Å². The van der Waals surface area contributed by atoms with Crippen LogP contribution in [0.25, 0.3) is 0 Å². The standard InChI is InChI=1S/C30H53N9O2/c40-35(41)30-28(33-8-16-38(17-9-33)24-20-36(21-25-38)12-4-31-5-13-36)2-1-3-29(30)34-10-18-39(19-11-34)26-22-37(23-27-39)14-6-32-7-15-37/h1-3,31-32H,4-27H2/q+4. The molecule has 0 radical (unpaired) electrons. The fraction of sp³-hybridized carbons (Fsp3) is 0.800. The van der Waals surface area contributed by atoms with E-state index < -0.39 is 0 Å². The normalized spacial score (nSPS) is 28.8. The van der Waals surface area contributed by atoms with E-state index in [0.29, 0.717) is 5.69 Å². The first-order chi connectivity index (χ1) is 19.9. The number of piperazine rings is 6. The predicted molar refractivity (Wildman–Crippen MR) is 162 cm³/mol. The molecule has 0 saturated carbocycles. The van der Waals surface area contributed by atoms with Crippen molar-refractivity contribution in [1.82, 2.24) is 10.6 Å². The number of quaternary nitrogens is 4. The number of nitro benzene ring substituents is 1. The minimum Gasteiger partial charge on any atom is -0.355 e. The fourth-order valence-electron chi connectivity index (χ4n) is 9.15. The molecule has 6 heterocycles. The van der Waals surface area contributed by atoms with Gasteiger partial charge in [0.2, 0.25) is 0 Å². The number of anilines is 2. The molecule has 0 atom stereocenters. The number of benzene rings is 1. The van der Waals surface area contributed by atoms with Crippen LogP contribution in [-0.4, -0.2) is 180 Å². The number of nitro groups is 1. The maximum atomic E-state index is 12.6. The monoisotopic (exact) mass is 571 g/mol. The van der Waals surface area contributed by atoms with Crippen LogP contribution in [0.1, 0.15) is 0 Å². The molecule has 6 aliphatic heterocycles. The average molecular weight is 572 g/mol. The van der Waals surface area contributed by atoms with Gasteiger partial charge >= 0.3 is 5.69 Å². The zero-order chi connectivity index (χ0) is 28.0. The van der Waals surface area contributed by atoms with Gasteiger partial charge in [0, 0.05) is 26.2 Å². The van der Waals surface area contributed by atoms with Crippen molar-refractivity contribution in [1.29, 1.82) is 0 Å². The van der Waals surface area contributed by atoms with Crippen LogP contribution in [0.2, 0.25) is 0 Å². The quantitative estimate of drug-likeness (QED) is 0.296. The molecule has 2 N–H and O–H groups in total. The topological polar surface area (TPSA) is 73.7 Å². The third kappa shape index (κ3) is 5.34. The van der Waals surface area contributed by atoms with Crippen LogP contribution < -0.4 is 20.4 Å². The molecule has 0 bridgehead atoms. The summed E-state index contributed by atoms with van der Waals surface area (Å²) in [4.78, 5) is 17.1. The van der Waals surface area contributed by atoms with Gasteiger partial charge in [0.05, 0.1) is 83.5 Å². The molecule has 41 heavy (non-hydrogen) atoms. The van der Waals surface area contributed by atoms with E-state index in [2.05, 4.69) is 26.5 Å². The van der Waals surface area contributed by atoms with Crippen LogP contribution in [0.5, 0.6) is 0 Å². The van der Waals surface area contributed by atoms with Gasteiger partial charge in [-0.15, -0.1) is 0 Å². The SMILES string of the molecule is O=[N+]([O-])c1c(N2CC[N+]3(CC2)CC[N+]2(CCNCC2)CC3)cccc1N1CC[N+]2(CC1)CC[N+]1(CCNCC1)CC2. The van der Waals surface area contributed by atoms with Gasteiger partial charge in [0.15, 0.2) is 0 Å². The molecule has 11 heteroatoms. The predicted octanol–water partition coefficient (Wildman–Crippen LogP) is -0.264. The van der Waals surface area contributed by atoms with Gasteiger partial charge in [-0.1, -0.05) is 6.07 Å². The number of nitrogens with one attached hydrogen (secondary N) is 2. The average Bonchev–Trinajstić information content (AvgIpc) is 3.02. The summed E-state index contributed by atoms with van der Waals surface area (Å²) in [5, 5.41) is 19.7. The molecule has 6 fully saturated rings. The number of nitrogens with zero attached hydrogens (tertiary/aromatic N) is 7. The van der Waals surface area contributed by atoms with Gasteiger partial charge in [0.25, 0.3) is 0 Å². The molecular formula is C30H53N9O2+4. The minimum atomic E-state index is -0.0962. The molecule has 0 unspecified atom stereocenters. The number of hydrogen-bond donors (Lipinski definition) is 2. The van der Waals surface area contributed by atoms with Gasteiger partial charge < -0.3 is 38.4 Å². The summed E-state index contributed by atoms with van der Waals surface area (Å²) >= 11 is 0. The summed E-state index contributed by atoms with van der Waals surface area (Å²) in [6.45, 7) is 28.1. The number of hydrogen-bond acceptors (Lipinski definition) is 6. The molecule has 0 amide bonds. The Morgan fingerprint density at radius 1 is 0.537 bits per heavy atom. The van der Waals surface area contributed by atoms with Crippen molar-refractivity contribution in [2.75, 3.05) is 167 Å². The molecule has 6 aliphatic rings. The highest BCUT2D eigenvalue weighted by molar-refractivity contribution is 5.78. The van der Waals surface area contributed by atoms with Gasteiger partial charge in [-0.05, 0) is 12.1 Å². The van der Waals surface area contributed by atoms with Crippen molar-refractivity contribution in [3.05, 3.63) is 28.3 Å². The van der Waals surface area contributed by atoms with E-state index in [-0.39, 0.29) is 4.92 Å². The van der Waals surface area contributed by atoms with Crippen molar-refractivity contribution >= 4 is 17.1 Å². The summed E-state index contributed by atoms with van der Waals surface area (Å²) in [5.41, 5.74) is 2.01. The van der Waals surface area contributed by atoms with E-state index in [1.54, 1.807) is 0 Å². The second-order valence-corrected chi connectivity index (χ2v) is 14.3. The Balaban J connectivity index is 0.996. The maximum absolute atomic E-state index is 12.6. The van der Waals surface area contributed by atoms with Gasteiger partial charge in [-0.2, -0.15) is 0 Å². The Kier molecular flexibility index (Phi) is 7.40. The van der Waals surface area contributed by atoms with Crippen LogP contribution in [0.4, 0.5) is 17.1 Å². The van der Waals surface area contributed by atoms with Crippen LogP contribution in [-0.2, 0) is 0 Å². The smallest absolute Gasteiger partial charge is 0.315 e. The summed E-state index contributed by atoms with van der Waals surface area (Å²) in [7, 11) is 0. The zero-order valence-corrected chi connectivity index (χ0v) is 25.1. The Morgan fingerprint density at radius 2 is 0.854 bits per heavy atom. The van der Waals surface area contributed by atoms with Crippen LogP contribution >= 0.6 is 0 Å². The number of para-hydroxylation sites is 1. The summed E-state index contributed by atoms with van der Waals surface area (Å²) in [6, 6.07) is 6.08. The first kappa shape index (κ1) is 27.8. The van der Waals surface area contributed by atoms with Crippen LogP contribution in [0.15, 0.2) is 18.2 Å². The zero-order valence-electron chi connectivity index (χ0n) is 25.1. The molecule has 7 rings (SSSR count). The summed E-state index contributed by atoms with van der Waals surface area (Å²) < 4.78 is 5.02. The second kappa shape index (κ2) is 10.9. The third-order valence-corrected chi connectivity index (χ3v) is 12.5. The Morgan fingerprint density at radius 3 is 1.17 bits per heavy atom. The Labute approximate surface area is 245 Å². The Bertz CT molecular complexity index is 1000. The van der Waals surface area contributed by atoms with Crippen LogP contribution in [0, 0.1) is 10.1 Å². The van der Waals surface area contributed by atoms with Gasteiger partial charge in [0.1, 0.15) is 63.7 Å². The second-order valence-electron chi connectivity index (χ2n) is 14.3. The molecule has 11 nitrogen and oxygen atoms in total. The lowest BCUT2D eigenvalue weighted by atomic mass is 10.1. The maximum Gasteiger partial charge on any atom is 0.315 e. The molecular weight excluding hydrogens is 518 g/mol. The van der Waals surface area contributed by atoms with E-state index >= 15 is 0 Å². The van der Waals surface area contributed by atoms with Gasteiger partial charge in [-0.3, -0.25) is 10.1 Å². The lowest BCUT2D eigenvalue weighted by Gasteiger charge is -2.53. The minimum absolute atomic E-state index is 0.0962. The molecule has 0 aromatic heterocycles. The largest absolute Gasteiger partial charge is 0.355 e. The molecule has 1 aromatic carbocycles. The van der Waals surface area contributed by atoms with E-state index in [1.165, 1.54) is 96.5 Å². The lowest BCUT2D eigenvalue weighted by molar-refractivity contribution is -1.03. The molecule has 6 saturated heterocycles. The van der Waals surface area contributed by atoms with Crippen molar-refractivity contribution in [3.63, 3.8) is 0 Å². The Hall–Kier alpha value is -2.02. The van der Waals surface area contributed by atoms with Gasteiger partial charge in [-0.25, -0.2) is 0 Å². The van der Waals surface area contributed by atoms with Crippen molar-refractivity contribution in [2.45, 2.75) is 0 Å². The van der Waals surface area contributed by atoms with Crippen molar-refractivity contribution < 1.29 is 22.9 Å². The molecule has 4 spiro atoms. The highest BCUT2D eigenvalue weighted by atomic mass is 16.6. The van der Waals surface area contributed by atoms with E-state index in [0.717, 1.165) is 89.9 Å². The first-order valence-electron chi connectivity index (χ1n) is 16.5. The number of rotatable bonds is 3. The summed E-state index contributed by atoms with van der Waals surface area (Å²) in [5.74, 6) is 0. The van der Waals surface area contributed by atoms with Crippen molar-refractivity contribution in [2.24, 2.45) is 0 Å². The van der Waals surface area contributed by atoms with E-state index in [4.69, 9.17) is 0 Å². The third-order valence-electron chi connectivity index (χ3n) is 12.5.